The van der Waals surface area contributed by atoms with E-state index in [0.29, 0.717) is 0 Å². The van der Waals surface area contributed by atoms with Crippen LogP contribution >= 0.6 is 0 Å². The lowest BCUT2D eigenvalue weighted by atomic mass is 10.0. The van der Waals surface area contributed by atoms with Crippen molar-refractivity contribution >= 4 is 21.5 Å². The maximum Gasteiger partial charge on any atom is -0.000786 e. The summed E-state index contributed by atoms with van der Waals surface area (Å²) in [5, 5.41) is 4.65. The van der Waals surface area contributed by atoms with Gasteiger partial charge >= 0.3 is 0 Å². The first-order valence-electron chi connectivity index (χ1n) is 4.65. The van der Waals surface area contributed by atoms with Crippen molar-refractivity contribution in [1.82, 2.24) is 0 Å². The van der Waals surface area contributed by atoms with Crippen LogP contribution < -0.4 is 0 Å². The fourth-order valence-corrected chi connectivity index (χ4v) is 1.72. The van der Waals surface area contributed by atoms with Gasteiger partial charge in [0, 0.05) is 0 Å². The van der Waals surface area contributed by atoms with E-state index in [2.05, 4.69) is 42.5 Å². The second-order valence-corrected chi connectivity index (χ2v) is 3.36. The van der Waals surface area contributed by atoms with Crippen LogP contribution in [-0.4, -0.2) is 0 Å². The quantitative estimate of drug-likeness (QED) is 0.459. The van der Waals surface area contributed by atoms with Gasteiger partial charge in [-0.25, -0.2) is 0 Å². The lowest BCUT2D eigenvalue weighted by Crippen LogP contribution is -1.75. The van der Waals surface area contributed by atoms with Gasteiger partial charge in [0.1, 0.15) is 0 Å². The summed E-state index contributed by atoms with van der Waals surface area (Å²) in [4.78, 5) is 0. The summed E-state index contributed by atoms with van der Waals surface area (Å²) in [5.41, 5.74) is 0. The summed E-state index contributed by atoms with van der Waals surface area (Å²) in [6, 6.07) is 23.0. The minimum atomic E-state index is 1.06. The smallest absolute Gasteiger partial charge is 0.000786 e. The molecule has 0 aliphatic heterocycles. The van der Waals surface area contributed by atoms with Gasteiger partial charge in [-0.2, -0.15) is 0 Å². The minimum Gasteiger partial charge on any atom is -0.0616 e. The molecule has 0 amide bonds. The predicted octanol–water partition coefficient (Wildman–Crippen LogP) is 3.59. The first kappa shape index (κ1) is 7.57. The zero-order valence-electron chi connectivity index (χ0n) is 7.62. The normalized spacial score (nSPS) is 10.9. The van der Waals surface area contributed by atoms with Gasteiger partial charge in [0.25, 0.3) is 0 Å². The third-order valence-corrected chi connectivity index (χ3v) is 2.42. The highest BCUT2D eigenvalue weighted by Crippen LogP contribution is 2.20. The Balaban J connectivity index is 2.52. The highest BCUT2D eigenvalue weighted by Gasteiger charge is 1.96. The molecule has 0 aromatic heterocycles. The third kappa shape index (κ3) is 1.08. The fraction of sp³-hybridized carbons (Fsp3) is 0. The Morgan fingerprint density at radius 3 is 2.71 bits per heavy atom. The Morgan fingerprint density at radius 2 is 1.71 bits per heavy atom. The summed E-state index contributed by atoms with van der Waals surface area (Å²) >= 11 is 0. The van der Waals surface area contributed by atoms with E-state index in [1.54, 1.807) is 0 Å². The van der Waals surface area contributed by atoms with E-state index in [1.807, 2.05) is 18.2 Å². The number of hydrogen-bond acceptors (Lipinski definition) is 0. The van der Waals surface area contributed by atoms with Crippen molar-refractivity contribution < 1.29 is 0 Å². The number of rotatable bonds is 0. The Kier molecular flexibility index (Phi) is 1.54. The molecule has 3 rings (SSSR count). The molecule has 0 heterocycles. The lowest BCUT2D eigenvalue weighted by Gasteiger charge is -1.99. The van der Waals surface area contributed by atoms with E-state index in [0.717, 1.165) is 10.8 Å². The molecule has 0 saturated carbocycles. The number of fused-ring (bicyclic) bond motifs is 2. The van der Waals surface area contributed by atoms with Gasteiger partial charge in [-0.3, -0.25) is 0 Å². The van der Waals surface area contributed by atoms with Crippen LogP contribution in [0.25, 0.3) is 21.5 Å². The van der Waals surface area contributed by atoms with Gasteiger partial charge in [0.2, 0.25) is 0 Å². The molecule has 0 atom stereocenters. The SMILES string of the molecule is [c]1cccc2cc3ccccc3[c]c12. The monoisotopic (exact) mass is 176 g/mol. The average Bonchev–Trinajstić information content (AvgIpc) is 2.26. The maximum atomic E-state index is 3.35. The van der Waals surface area contributed by atoms with Crippen LogP contribution in [0.3, 0.4) is 0 Å². The van der Waals surface area contributed by atoms with Gasteiger partial charge in [-0.1, -0.05) is 42.5 Å². The first-order valence-corrected chi connectivity index (χ1v) is 4.65. The van der Waals surface area contributed by atoms with Crippen LogP contribution in [-0.2, 0) is 0 Å². The summed E-state index contributed by atoms with van der Waals surface area (Å²) in [5.74, 6) is 0. The Hall–Kier alpha value is -1.82. The fourth-order valence-electron chi connectivity index (χ4n) is 1.72. The van der Waals surface area contributed by atoms with Crippen molar-refractivity contribution in [2.45, 2.75) is 0 Å². The molecule has 0 nitrogen and oxygen atoms in total. The van der Waals surface area contributed by atoms with E-state index in [9.17, 15) is 0 Å². The Labute approximate surface area is 82.8 Å². The van der Waals surface area contributed by atoms with Gasteiger partial charge in [-0.15, -0.1) is 0 Å². The van der Waals surface area contributed by atoms with Crippen molar-refractivity contribution in [2.24, 2.45) is 0 Å². The maximum absolute atomic E-state index is 3.35. The van der Waals surface area contributed by atoms with E-state index in [-0.39, 0.29) is 0 Å². The van der Waals surface area contributed by atoms with Crippen LogP contribution in [0, 0.1) is 12.1 Å². The minimum absolute atomic E-state index is 1.06. The molecule has 3 aromatic rings. The highest BCUT2D eigenvalue weighted by molar-refractivity contribution is 5.97. The molecular formula is C14H8. The number of hydrogen-bond donors (Lipinski definition) is 0. The highest BCUT2D eigenvalue weighted by atomic mass is 14.0. The standard InChI is InChI=1S/C14H8/c1-2-6-12-10-14-8-4-3-7-13(14)9-11(12)5-1/h1-7,9H. The molecule has 0 heteroatoms. The van der Waals surface area contributed by atoms with Gasteiger partial charge < -0.3 is 0 Å². The molecule has 0 aliphatic rings. The molecule has 0 aliphatic carbocycles. The molecule has 0 bridgehead atoms. The second-order valence-electron chi connectivity index (χ2n) is 3.36. The third-order valence-electron chi connectivity index (χ3n) is 2.42. The van der Waals surface area contributed by atoms with Crippen molar-refractivity contribution in [2.75, 3.05) is 0 Å². The van der Waals surface area contributed by atoms with E-state index >= 15 is 0 Å². The summed E-state index contributed by atoms with van der Waals surface area (Å²) in [6.45, 7) is 0. The van der Waals surface area contributed by atoms with Crippen LogP contribution in [0.1, 0.15) is 0 Å². The molecule has 64 valence electrons. The van der Waals surface area contributed by atoms with E-state index < -0.39 is 0 Å². The first-order chi connectivity index (χ1) is 6.93. The largest absolute Gasteiger partial charge is 0.0616 e. The summed E-state index contributed by atoms with van der Waals surface area (Å²) in [6.07, 6.45) is 0. The second kappa shape index (κ2) is 2.85. The van der Waals surface area contributed by atoms with Gasteiger partial charge in [-0.05, 0) is 39.7 Å². The molecule has 3 aromatic carbocycles. The summed E-state index contributed by atoms with van der Waals surface area (Å²) < 4.78 is 0. The molecular weight excluding hydrogens is 168 g/mol. The average molecular weight is 176 g/mol. The Bertz CT molecular complexity index is 489. The molecule has 0 fully saturated rings. The van der Waals surface area contributed by atoms with Crippen molar-refractivity contribution in [1.29, 1.82) is 0 Å². The van der Waals surface area contributed by atoms with Crippen LogP contribution in [0.5, 0.6) is 0 Å². The Morgan fingerprint density at radius 1 is 0.857 bits per heavy atom. The zero-order valence-corrected chi connectivity index (χ0v) is 7.62. The van der Waals surface area contributed by atoms with Crippen LogP contribution in [0.15, 0.2) is 48.5 Å². The van der Waals surface area contributed by atoms with Crippen molar-refractivity contribution in [3.63, 3.8) is 0 Å². The molecule has 0 N–H and O–H groups in total. The molecule has 0 spiro atoms. The van der Waals surface area contributed by atoms with E-state index in [1.165, 1.54) is 10.8 Å². The molecule has 2 radical (unpaired) electrons. The number of benzene rings is 3. The van der Waals surface area contributed by atoms with Crippen molar-refractivity contribution in [3.8, 4) is 0 Å². The van der Waals surface area contributed by atoms with Crippen LogP contribution in [0.2, 0.25) is 0 Å². The zero-order chi connectivity index (χ0) is 9.38. The lowest BCUT2D eigenvalue weighted by molar-refractivity contribution is 1.75. The summed E-state index contributed by atoms with van der Waals surface area (Å²) in [7, 11) is 0. The van der Waals surface area contributed by atoms with Crippen molar-refractivity contribution in [3.05, 3.63) is 60.7 Å². The molecule has 14 heavy (non-hydrogen) atoms. The topological polar surface area (TPSA) is 0 Å². The molecule has 0 saturated heterocycles. The molecule has 0 unspecified atom stereocenters. The van der Waals surface area contributed by atoms with E-state index in [4.69, 9.17) is 0 Å². The van der Waals surface area contributed by atoms with Gasteiger partial charge in [0.15, 0.2) is 0 Å². The van der Waals surface area contributed by atoms with Gasteiger partial charge in [0.05, 0.1) is 0 Å². The van der Waals surface area contributed by atoms with Crippen LogP contribution in [0.4, 0.5) is 0 Å². The predicted molar refractivity (Wildman–Crippen MR) is 59.1 cm³/mol.